The SMILES string of the molecule is C[C@H]1CCCCN1C(=O)COC(=O)c1ccc(Oc2ccccc2)cc1. The molecule has 1 aliphatic rings. The zero-order valence-corrected chi connectivity index (χ0v) is 14.9. The maximum absolute atomic E-state index is 12.2. The topological polar surface area (TPSA) is 55.8 Å². The Labute approximate surface area is 153 Å². The Morgan fingerprint density at radius 2 is 1.69 bits per heavy atom. The van der Waals surface area contributed by atoms with Crippen molar-refractivity contribution < 1.29 is 19.1 Å². The second-order valence-corrected chi connectivity index (χ2v) is 6.45. The van der Waals surface area contributed by atoms with Gasteiger partial charge >= 0.3 is 5.97 Å². The summed E-state index contributed by atoms with van der Waals surface area (Å²) in [5.41, 5.74) is 0.393. The molecule has 0 aromatic heterocycles. The third-order valence-electron chi connectivity index (χ3n) is 4.52. The van der Waals surface area contributed by atoms with Crippen LogP contribution in [-0.4, -0.2) is 36.0 Å². The number of hydrogen-bond acceptors (Lipinski definition) is 4. The molecule has 26 heavy (non-hydrogen) atoms. The highest BCUT2D eigenvalue weighted by molar-refractivity contribution is 5.91. The Kier molecular flexibility index (Phi) is 5.89. The van der Waals surface area contributed by atoms with Gasteiger partial charge in [-0.25, -0.2) is 4.79 Å². The van der Waals surface area contributed by atoms with Crippen molar-refractivity contribution in [2.75, 3.05) is 13.2 Å². The first kappa shape index (κ1) is 18.0. The van der Waals surface area contributed by atoms with Gasteiger partial charge in [-0.2, -0.15) is 0 Å². The van der Waals surface area contributed by atoms with Crippen LogP contribution in [0.1, 0.15) is 36.5 Å². The predicted octanol–water partition coefficient (Wildman–Crippen LogP) is 4.04. The molecule has 1 fully saturated rings. The second kappa shape index (κ2) is 8.52. The minimum absolute atomic E-state index is 0.130. The lowest BCUT2D eigenvalue weighted by molar-refractivity contribution is -0.137. The fourth-order valence-corrected chi connectivity index (χ4v) is 3.05. The van der Waals surface area contributed by atoms with Crippen molar-refractivity contribution in [3.63, 3.8) is 0 Å². The zero-order chi connectivity index (χ0) is 18.4. The van der Waals surface area contributed by atoms with Crippen molar-refractivity contribution in [3.05, 3.63) is 60.2 Å². The van der Waals surface area contributed by atoms with Gasteiger partial charge in [-0.1, -0.05) is 18.2 Å². The monoisotopic (exact) mass is 353 g/mol. The number of ether oxygens (including phenoxy) is 2. The molecule has 0 N–H and O–H groups in total. The second-order valence-electron chi connectivity index (χ2n) is 6.45. The van der Waals surface area contributed by atoms with Crippen molar-refractivity contribution in [3.8, 4) is 11.5 Å². The van der Waals surface area contributed by atoms with Crippen LogP contribution in [0.2, 0.25) is 0 Å². The molecule has 1 atom stereocenters. The van der Waals surface area contributed by atoms with E-state index in [1.54, 1.807) is 29.2 Å². The van der Waals surface area contributed by atoms with Crippen LogP contribution < -0.4 is 4.74 Å². The van der Waals surface area contributed by atoms with Gasteiger partial charge in [0.1, 0.15) is 11.5 Å². The minimum atomic E-state index is -0.505. The molecular weight excluding hydrogens is 330 g/mol. The number of likely N-dealkylation sites (tertiary alicyclic amines) is 1. The lowest BCUT2D eigenvalue weighted by Gasteiger charge is -2.33. The van der Waals surface area contributed by atoms with Crippen LogP contribution >= 0.6 is 0 Å². The molecule has 2 aromatic carbocycles. The van der Waals surface area contributed by atoms with E-state index in [0.29, 0.717) is 11.3 Å². The third-order valence-corrected chi connectivity index (χ3v) is 4.52. The summed E-state index contributed by atoms with van der Waals surface area (Å²) in [4.78, 5) is 26.2. The summed E-state index contributed by atoms with van der Waals surface area (Å²) in [5.74, 6) is 0.721. The van der Waals surface area contributed by atoms with Crippen LogP contribution in [0.3, 0.4) is 0 Å². The molecule has 1 heterocycles. The molecule has 0 aliphatic carbocycles. The van der Waals surface area contributed by atoms with Gasteiger partial charge in [-0.3, -0.25) is 4.79 Å². The molecule has 0 spiro atoms. The molecule has 3 rings (SSSR count). The maximum Gasteiger partial charge on any atom is 0.338 e. The molecule has 136 valence electrons. The molecule has 5 nitrogen and oxygen atoms in total. The highest BCUT2D eigenvalue weighted by Gasteiger charge is 2.24. The summed E-state index contributed by atoms with van der Waals surface area (Å²) >= 11 is 0. The van der Waals surface area contributed by atoms with Crippen LogP contribution in [0, 0.1) is 0 Å². The number of esters is 1. The van der Waals surface area contributed by atoms with Crippen LogP contribution in [0.15, 0.2) is 54.6 Å². The normalized spacial score (nSPS) is 16.8. The first-order chi connectivity index (χ1) is 12.6. The van der Waals surface area contributed by atoms with Gasteiger partial charge in [-0.05, 0) is 62.6 Å². The molecule has 1 saturated heterocycles. The fraction of sp³-hybridized carbons (Fsp3) is 0.333. The molecule has 2 aromatic rings. The number of hydrogen-bond donors (Lipinski definition) is 0. The molecule has 1 aliphatic heterocycles. The Balaban J connectivity index is 1.52. The van der Waals surface area contributed by atoms with Gasteiger partial charge in [0, 0.05) is 12.6 Å². The number of carbonyl (C=O) groups is 2. The van der Waals surface area contributed by atoms with Crippen LogP contribution in [0.25, 0.3) is 0 Å². The van der Waals surface area contributed by atoms with Crippen molar-refractivity contribution in [2.24, 2.45) is 0 Å². The van der Waals surface area contributed by atoms with E-state index >= 15 is 0 Å². The van der Waals surface area contributed by atoms with Gasteiger partial charge in [0.05, 0.1) is 5.56 Å². The van der Waals surface area contributed by atoms with Crippen molar-refractivity contribution in [1.29, 1.82) is 0 Å². The Morgan fingerprint density at radius 3 is 2.38 bits per heavy atom. The van der Waals surface area contributed by atoms with E-state index in [4.69, 9.17) is 9.47 Å². The summed E-state index contributed by atoms with van der Waals surface area (Å²) in [7, 11) is 0. The van der Waals surface area contributed by atoms with E-state index in [0.717, 1.165) is 31.6 Å². The van der Waals surface area contributed by atoms with Crippen LogP contribution in [0.4, 0.5) is 0 Å². The van der Waals surface area contributed by atoms with Gasteiger partial charge < -0.3 is 14.4 Å². The van der Waals surface area contributed by atoms with E-state index < -0.39 is 5.97 Å². The van der Waals surface area contributed by atoms with E-state index in [1.807, 2.05) is 37.3 Å². The number of piperidine rings is 1. The van der Waals surface area contributed by atoms with Crippen molar-refractivity contribution in [2.45, 2.75) is 32.2 Å². The minimum Gasteiger partial charge on any atom is -0.457 e. The summed E-state index contributed by atoms with van der Waals surface area (Å²) in [6.07, 6.45) is 3.15. The van der Waals surface area contributed by atoms with E-state index in [1.165, 1.54) is 0 Å². The van der Waals surface area contributed by atoms with Gasteiger partial charge in [-0.15, -0.1) is 0 Å². The predicted molar refractivity (Wildman–Crippen MR) is 98.3 cm³/mol. The van der Waals surface area contributed by atoms with Gasteiger partial charge in [0.2, 0.25) is 0 Å². The Bertz CT molecular complexity index is 742. The summed E-state index contributed by atoms with van der Waals surface area (Å²) in [5, 5.41) is 0. The molecule has 0 unspecified atom stereocenters. The maximum atomic E-state index is 12.2. The average Bonchev–Trinajstić information content (AvgIpc) is 2.67. The van der Waals surface area contributed by atoms with E-state index in [-0.39, 0.29) is 18.6 Å². The molecule has 0 saturated carbocycles. The Hall–Kier alpha value is -2.82. The standard InChI is InChI=1S/C21H23NO4/c1-16-7-5-6-14-22(16)20(23)15-25-21(24)17-10-12-19(13-11-17)26-18-8-3-2-4-9-18/h2-4,8-13,16H,5-7,14-15H2,1H3/t16-/m0/s1. The summed E-state index contributed by atoms with van der Waals surface area (Å²) in [6, 6.07) is 16.3. The average molecular weight is 353 g/mol. The summed E-state index contributed by atoms with van der Waals surface area (Å²) < 4.78 is 10.9. The molecule has 0 bridgehead atoms. The lowest BCUT2D eigenvalue weighted by atomic mass is 10.0. The highest BCUT2D eigenvalue weighted by atomic mass is 16.5. The van der Waals surface area contributed by atoms with E-state index in [2.05, 4.69) is 0 Å². The summed E-state index contributed by atoms with van der Waals surface area (Å²) in [6.45, 7) is 2.55. The number of amides is 1. The molecular formula is C21H23NO4. The highest BCUT2D eigenvalue weighted by Crippen LogP contribution is 2.21. The van der Waals surface area contributed by atoms with Gasteiger partial charge in [0.25, 0.3) is 5.91 Å². The first-order valence-corrected chi connectivity index (χ1v) is 8.93. The molecule has 0 radical (unpaired) electrons. The molecule has 1 amide bonds. The smallest absolute Gasteiger partial charge is 0.338 e. The number of nitrogens with zero attached hydrogens (tertiary/aromatic N) is 1. The fourth-order valence-electron chi connectivity index (χ4n) is 3.05. The zero-order valence-electron chi connectivity index (χ0n) is 14.9. The number of carbonyl (C=O) groups excluding carboxylic acids is 2. The number of para-hydroxylation sites is 1. The lowest BCUT2D eigenvalue weighted by Crippen LogP contribution is -2.44. The van der Waals surface area contributed by atoms with E-state index in [9.17, 15) is 9.59 Å². The largest absolute Gasteiger partial charge is 0.457 e. The quantitative estimate of drug-likeness (QED) is 0.762. The molecule has 5 heteroatoms. The van der Waals surface area contributed by atoms with Gasteiger partial charge in [0.15, 0.2) is 6.61 Å². The number of benzene rings is 2. The van der Waals surface area contributed by atoms with Crippen molar-refractivity contribution >= 4 is 11.9 Å². The van der Waals surface area contributed by atoms with Crippen molar-refractivity contribution in [1.82, 2.24) is 4.90 Å². The first-order valence-electron chi connectivity index (χ1n) is 8.93. The third kappa shape index (κ3) is 4.63. The Morgan fingerprint density at radius 1 is 1.00 bits per heavy atom. The van der Waals surface area contributed by atoms with Crippen LogP contribution in [0.5, 0.6) is 11.5 Å². The number of rotatable bonds is 5. The van der Waals surface area contributed by atoms with Crippen LogP contribution in [-0.2, 0) is 9.53 Å².